The topological polar surface area (TPSA) is 22.1 Å². The minimum Gasteiger partial charge on any atom is -0.494 e. The van der Waals surface area contributed by atoms with Crippen LogP contribution in [0.1, 0.15) is 103 Å². The Morgan fingerprint density at radius 1 is 0.781 bits per heavy atom. The SMILES string of the molecule is CCCCCCCC1CCCCC1CCCOc1ccc(-c2ccc(CCC)cn2)cc1. The van der Waals surface area contributed by atoms with Crippen molar-refractivity contribution >= 4 is 0 Å². The lowest BCUT2D eigenvalue weighted by Crippen LogP contribution is -2.20. The highest BCUT2D eigenvalue weighted by atomic mass is 16.5. The van der Waals surface area contributed by atoms with Crippen molar-refractivity contribution < 1.29 is 4.74 Å². The van der Waals surface area contributed by atoms with Crippen molar-refractivity contribution in [2.75, 3.05) is 6.61 Å². The second-order valence-electron chi connectivity index (χ2n) is 9.82. The molecular formula is C30H45NO. The van der Waals surface area contributed by atoms with Gasteiger partial charge in [-0.25, -0.2) is 0 Å². The van der Waals surface area contributed by atoms with E-state index in [9.17, 15) is 0 Å². The Balaban J connectivity index is 1.38. The third-order valence-electron chi connectivity index (χ3n) is 7.25. The molecule has 0 bridgehead atoms. The maximum atomic E-state index is 6.08. The molecule has 0 aliphatic heterocycles. The molecule has 1 fully saturated rings. The van der Waals surface area contributed by atoms with Crippen LogP contribution in [0.25, 0.3) is 11.3 Å². The van der Waals surface area contributed by atoms with Gasteiger partial charge in [-0.2, -0.15) is 0 Å². The summed E-state index contributed by atoms with van der Waals surface area (Å²) in [5.41, 5.74) is 3.51. The van der Waals surface area contributed by atoms with Crippen LogP contribution in [0.15, 0.2) is 42.6 Å². The fourth-order valence-corrected chi connectivity index (χ4v) is 5.34. The van der Waals surface area contributed by atoms with Crippen LogP contribution >= 0.6 is 0 Å². The highest BCUT2D eigenvalue weighted by Gasteiger charge is 2.24. The van der Waals surface area contributed by atoms with Crippen LogP contribution in [-0.4, -0.2) is 11.6 Å². The van der Waals surface area contributed by atoms with Gasteiger partial charge in [0.05, 0.1) is 12.3 Å². The molecule has 176 valence electrons. The molecule has 0 radical (unpaired) electrons. The molecule has 0 N–H and O–H groups in total. The standard InChI is InChI=1S/C30H45NO/c1-3-5-6-7-8-13-26-14-9-10-15-27(26)16-11-23-32-29-20-18-28(19-21-29)30-22-17-25(12-4-2)24-31-30/h17-22,24,26-27H,3-16,23H2,1-2H3. The van der Waals surface area contributed by atoms with Gasteiger partial charge in [0.25, 0.3) is 0 Å². The summed E-state index contributed by atoms with van der Waals surface area (Å²) in [5.74, 6) is 2.89. The van der Waals surface area contributed by atoms with E-state index in [4.69, 9.17) is 4.74 Å². The first-order valence-corrected chi connectivity index (χ1v) is 13.5. The van der Waals surface area contributed by atoms with Gasteiger partial charge in [0.1, 0.15) is 5.75 Å². The van der Waals surface area contributed by atoms with Gasteiger partial charge in [-0.1, -0.05) is 90.5 Å². The molecule has 2 unspecified atom stereocenters. The molecule has 0 amide bonds. The monoisotopic (exact) mass is 435 g/mol. The summed E-state index contributed by atoms with van der Waals surface area (Å²) in [5, 5.41) is 0. The number of pyridine rings is 1. The van der Waals surface area contributed by atoms with Gasteiger partial charge in [0, 0.05) is 11.8 Å². The lowest BCUT2D eigenvalue weighted by Gasteiger charge is -2.31. The second kappa shape index (κ2) is 14.3. The first kappa shape index (κ1) is 24.8. The van der Waals surface area contributed by atoms with Crippen molar-refractivity contribution in [2.45, 2.75) is 104 Å². The minimum absolute atomic E-state index is 0.836. The average molecular weight is 436 g/mol. The Labute approximate surface area is 197 Å². The van der Waals surface area contributed by atoms with E-state index in [-0.39, 0.29) is 0 Å². The van der Waals surface area contributed by atoms with Crippen molar-refractivity contribution in [3.8, 4) is 17.0 Å². The molecule has 1 heterocycles. The number of aromatic nitrogens is 1. The molecule has 0 spiro atoms. The Morgan fingerprint density at radius 3 is 2.16 bits per heavy atom. The number of unbranched alkanes of at least 4 members (excludes halogenated alkanes) is 4. The quantitative estimate of drug-likeness (QED) is 0.276. The summed E-state index contributed by atoms with van der Waals surface area (Å²) >= 11 is 0. The fraction of sp³-hybridized carbons (Fsp3) is 0.633. The molecule has 2 nitrogen and oxygen atoms in total. The molecule has 2 aromatic rings. The zero-order valence-corrected chi connectivity index (χ0v) is 20.7. The zero-order chi connectivity index (χ0) is 22.4. The zero-order valence-electron chi connectivity index (χ0n) is 20.7. The molecule has 1 aromatic carbocycles. The van der Waals surface area contributed by atoms with Crippen molar-refractivity contribution in [2.24, 2.45) is 11.8 Å². The maximum Gasteiger partial charge on any atom is 0.119 e. The van der Waals surface area contributed by atoms with Gasteiger partial charge in [-0.3, -0.25) is 4.98 Å². The van der Waals surface area contributed by atoms with Gasteiger partial charge in [0.2, 0.25) is 0 Å². The maximum absolute atomic E-state index is 6.08. The first-order chi connectivity index (χ1) is 15.8. The summed E-state index contributed by atoms with van der Waals surface area (Å²) in [7, 11) is 0. The highest BCUT2D eigenvalue weighted by molar-refractivity contribution is 5.60. The molecule has 1 aliphatic carbocycles. The first-order valence-electron chi connectivity index (χ1n) is 13.5. The smallest absolute Gasteiger partial charge is 0.119 e. The summed E-state index contributed by atoms with van der Waals surface area (Å²) in [4.78, 5) is 4.63. The van der Waals surface area contributed by atoms with Crippen molar-refractivity contribution in [3.05, 3.63) is 48.2 Å². The number of aryl methyl sites for hydroxylation is 1. The number of rotatable bonds is 14. The Hall–Kier alpha value is -1.83. The van der Waals surface area contributed by atoms with Crippen molar-refractivity contribution in [1.29, 1.82) is 0 Å². The van der Waals surface area contributed by atoms with Crippen molar-refractivity contribution in [1.82, 2.24) is 4.98 Å². The summed E-state index contributed by atoms with van der Waals surface area (Å²) in [6.07, 6.45) is 21.1. The highest BCUT2D eigenvalue weighted by Crippen LogP contribution is 2.36. The largest absolute Gasteiger partial charge is 0.494 e. The Morgan fingerprint density at radius 2 is 1.50 bits per heavy atom. The van der Waals surface area contributed by atoms with Crippen LogP contribution in [0.5, 0.6) is 5.75 Å². The van der Waals surface area contributed by atoms with Crippen LogP contribution in [-0.2, 0) is 6.42 Å². The van der Waals surface area contributed by atoms with E-state index in [1.54, 1.807) is 0 Å². The Kier molecular flexibility index (Phi) is 11.1. The van der Waals surface area contributed by atoms with E-state index in [1.807, 2.05) is 6.20 Å². The number of hydrogen-bond acceptors (Lipinski definition) is 2. The number of ether oxygens (including phenoxy) is 1. The third-order valence-corrected chi connectivity index (χ3v) is 7.25. The van der Waals surface area contributed by atoms with Gasteiger partial charge in [-0.15, -0.1) is 0 Å². The Bertz CT molecular complexity index is 736. The fourth-order valence-electron chi connectivity index (χ4n) is 5.34. The number of nitrogens with zero attached hydrogens (tertiary/aromatic N) is 1. The second-order valence-corrected chi connectivity index (χ2v) is 9.82. The normalized spacial score (nSPS) is 18.6. The van der Waals surface area contributed by atoms with E-state index in [1.165, 1.54) is 82.6 Å². The molecule has 1 aromatic heterocycles. The van der Waals surface area contributed by atoms with Gasteiger partial charge in [-0.05, 0) is 67.0 Å². The third kappa shape index (κ3) is 8.26. The number of hydrogen-bond donors (Lipinski definition) is 0. The predicted molar refractivity (Wildman–Crippen MR) is 137 cm³/mol. The van der Waals surface area contributed by atoms with Gasteiger partial charge in [0.15, 0.2) is 0 Å². The van der Waals surface area contributed by atoms with Crippen molar-refractivity contribution in [3.63, 3.8) is 0 Å². The molecule has 3 rings (SSSR count). The molecule has 1 aliphatic rings. The van der Waals surface area contributed by atoms with E-state index >= 15 is 0 Å². The molecule has 2 heteroatoms. The molecule has 0 saturated heterocycles. The lowest BCUT2D eigenvalue weighted by molar-refractivity contribution is 0.190. The van der Waals surface area contributed by atoms with Crippen LogP contribution in [0, 0.1) is 11.8 Å². The summed E-state index contributed by atoms with van der Waals surface area (Å²) in [6, 6.07) is 12.8. The van der Waals surface area contributed by atoms with E-state index < -0.39 is 0 Å². The van der Waals surface area contributed by atoms with Crippen LogP contribution in [0.4, 0.5) is 0 Å². The molecular weight excluding hydrogens is 390 g/mol. The lowest BCUT2D eigenvalue weighted by atomic mass is 9.74. The van der Waals surface area contributed by atoms with Crippen LogP contribution < -0.4 is 4.74 Å². The van der Waals surface area contributed by atoms with Crippen LogP contribution in [0.3, 0.4) is 0 Å². The number of benzene rings is 1. The predicted octanol–water partition coefficient (Wildman–Crippen LogP) is 9.03. The van der Waals surface area contributed by atoms with Gasteiger partial charge < -0.3 is 4.74 Å². The van der Waals surface area contributed by atoms with Gasteiger partial charge >= 0.3 is 0 Å². The van der Waals surface area contributed by atoms with E-state index in [0.29, 0.717) is 0 Å². The molecule has 32 heavy (non-hydrogen) atoms. The van der Waals surface area contributed by atoms with E-state index in [0.717, 1.165) is 48.3 Å². The average Bonchev–Trinajstić information content (AvgIpc) is 2.84. The summed E-state index contributed by atoms with van der Waals surface area (Å²) in [6.45, 7) is 5.34. The minimum atomic E-state index is 0.836. The van der Waals surface area contributed by atoms with E-state index in [2.05, 4.69) is 55.2 Å². The molecule has 2 atom stereocenters. The van der Waals surface area contributed by atoms with Crippen LogP contribution in [0.2, 0.25) is 0 Å². The summed E-state index contributed by atoms with van der Waals surface area (Å²) < 4.78 is 6.08. The molecule has 1 saturated carbocycles.